The van der Waals surface area contributed by atoms with E-state index < -0.39 is 0 Å². The van der Waals surface area contributed by atoms with Crippen LogP contribution in [0, 0.1) is 0 Å². The van der Waals surface area contributed by atoms with Gasteiger partial charge in [-0.3, -0.25) is 9.69 Å². The van der Waals surface area contributed by atoms with Gasteiger partial charge in [-0.2, -0.15) is 0 Å². The molecule has 4 heteroatoms. The molecule has 1 atom stereocenters. The first kappa shape index (κ1) is 11.5. The van der Waals surface area contributed by atoms with Crippen molar-refractivity contribution in [1.82, 2.24) is 4.90 Å². The first-order valence-electron chi connectivity index (χ1n) is 5.08. The van der Waals surface area contributed by atoms with Crippen molar-refractivity contribution in [3.05, 3.63) is 0 Å². The van der Waals surface area contributed by atoms with Crippen LogP contribution in [0.2, 0.25) is 0 Å². The van der Waals surface area contributed by atoms with Gasteiger partial charge < -0.3 is 9.47 Å². The van der Waals surface area contributed by atoms with Crippen LogP contribution in [0.4, 0.5) is 0 Å². The van der Waals surface area contributed by atoms with Crippen LogP contribution in [-0.2, 0) is 14.3 Å². The topological polar surface area (TPSA) is 38.8 Å². The maximum atomic E-state index is 11.2. The molecule has 1 heterocycles. The van der Waals surface area contributed by atoms with Crippen molar-refractivity contribution in [1.29, 1.82) is 0 Å². The van der Waals surface area contributed by atoms with Crippen molar-refractivity contribution < 1.29 is 14.3 Å². The van der Waals surface area contributed by atoms with Gasteiger partial charge in [-0.25, -0.2) is 0 Å². The molecule has 0 N–H and O–H groups in total. The minimum Gasteiger partial charge on any atom is -0.468 e. The molecular weight excluding hydrogens is 182 g/mol. The lowest BCUT2D eigenvalue weighted by molar-refractivity contribution is -0.152. The molecule has 0 spiro atoms. The van der Waals surface area contributed by atoms with Crippen molar-refractivity contribution in [3.8, 4) is 0 Å². The molecule has 4 nitrogen and oxygen atoms in total. The summed E-state index contributed by atoms with van der Waals surface area (Å²) in [6.45, 7) is 6.49. The van der Waals surface area contributed by atoms with E-state index in [1.807, 2.05) is 13.8 Å². The molecule has 0 aromatic rings. The van der Waals surface area contributed by atoms with Crippen molar-refractivity contribution in [2.45, 2.75) is 32.4 Å². The second-order valence-electron chi connectivity index (χ2n) is 3.78. The molecule has 14 heavy (non-hydrogen) atoms. The van der Waals surface area contributed by atoms with Gasteiger partial charge in [0.25, 0.3) is 0 Å². The fourth-order valence-electron chi connectivity index (χ4n) is 1.52. The lowest BCUT2D eigenvalue weighted by Crippen LogP contribution is -2.53. The normalized spacial score (nSPS) is 22.1. The molecular formula is C10H19NO3. The summed E-state index contributed by atoms with van der Waals surface area (Å²) >= 11 is 0. The van der Waals surface area contributed by atoms with Crippen LogP contribution in [0.15, 0.2) is 0 Å². The number of rotatable bonds is 5. The molecule has 1 rings (SSSR count). The Bertz CT molecular complexity index is 194. The van der Waals surface area contributed by atoms with Crippen LogP contribution in [0.1, 0.15) is 20.3 Å². The highest BCUT2D eigenvalue weighted by atomic mass is 16.5. The smallest absolute Gasteiger partial charge is 0.323 e. The first-order chi connectivity index (χ1) is 6.65. The van der Waals surface area contributed by atoms with E-state index in [0.717, 1.165) is 19.5 Å². The molecule has 0 bridgehead atoms. The number of hydrogen-bond donors (Lipinski definition) is 0. The van der Waals surface area contributed by atoms with E-state index in [-0.39, 0.29) is 18.1 Å². The van der Waals surface area contributed by atoms with Crippen molar-refractivity contribution in [2.24, 2.45) is 0 Å². The van der Waals surface area contributed by atoms with Gasteiger partial charge in [0.05, 0.1) is 19.8 Å². The maximum absolute atomic E-state index is 11.2. The highest BCUT2D eigenvalue weighted by molar-refractivity contribution is 5.76. The number of likely N-dealkylation sites (tertiary alicyclic amines) is 1. The molecule has 0 saturated carbocycles. The number of carbonyl (C=O) groups excluding carboxylic acids is 1. The van der Waals surface area contributed by atoms with Crippen LogP contribution in [0.3, 0.4) is 0 Å². The third-order valence-electron chi connectivity index (χ3n) is 2.43. The molecule has 0 aromatic heterocycles. The van der Waals surface area contributed by atoms with E-state index in [1.165, 1.54) is 7.11 Å². The van der Waals surface area contributed by atoms with Gasteiger partial charge in [0, 0.05) is 13.1 Å². The Morgan fingerprint density at radius 2 is 2.29 bits per heavy atom. The monoisotopic (exact) mass is 201 g/mol. The summed E-state index contributed by atoms with van der Waals surface area (Å²) in [5.41, 5.74) is 0. The molecule has 1 aliphatic heterocycles. The Labute approximate surface area is 85.2 Å². The SMILES string of the molecule is COC(=O)C1CCN1CCOC(C)C. The fraction of sp³-hybridized carbons (Fsp3) is 0.900. The van der Waals surface area contributed by atoms with E-state index in [4.69, 9.17) is 9.47 Å². The van der Waals surface area contributed by atoms with Crippen molar-refractivity contribution in [2.75, 3.05) is 26.8 Å². The van der Waals surface area contributed by atoms with E-state index in [0.29, 0.717) is 6.61 Å². The summed E-state index contributed by atoms with van der Waals surface area (Å²) in [6, 6.07) is -0.0317. The second-order valence-corrected chi connectivity index (χ2v) is 3.78. The molecule has 1 saturated heterocycles. The predicted molar refractivity (Wildman–Crippen MR) is 53.1 cm³/mol. The molecule has 1 fully saturated rings. The molecule has 82 valence electrons. The molecule has 0 aromatic carbocycles. The number of hydrogen-bond acceptors (Lipinski definition) is 4. The van der Waals surface area contributed by atoms with Gasteiger partial charge >= 0.3 is 5.97 Å². The summed E-state index contributed by atoms with van der Waals surface area (Å²) in [7, 11) is 1.43. The van der Waals surface area contributed by atoms with Gasteiger partial charge in [-0.1, -0.05) is 0 Å². The van der Waals surface area contributed by atoms with Crippen LogP contribution in [0.5, 0.6) is 0 Å². The number of carbonyl (C=O) groups is 1. The average molecular weight is 201 g/mol. The quantitative estimate of drug-likeness (QED) is 0.612. The van der Waals surface area contributed by atoms with Crippen LogP contribution >= 0.6 is 0 Å². The first-order valence-corrected chi connectivity index (χ1v) is 5.08. The summed E-state index contributed by atoms with van der Waals surface area (Å²) in [6.07, 6.45) is 1.17. The van der Waals surface area contributed by atoms with E-state index in [1.54, 1.807) is 0 Å². The molecule has 0 radical (unpaired) electrons. The molecule has 1 aliphatic rings. The Balaban J connectivity index is 2.16. The highest BCUT2D eigenvalue weighted by Gasteiger charge is 2.34. The molecule has 0 amide bonds. The van der Waals surface area contributed by atoms with Crippen molar-refractivity contribution in [3.63, 3.8) is 0 Å². The average Bonchev–Trinajstić information content (AvgIpc) is 2.09. The van der Waals surface area contributed by atoms with Crippen LogP contribution < -0.4 is 0 Å². The largest absolute Gasteiger partial charge is 0.468 e. The number of esters is 1. The lowest BCUT2D eigenvalue weighted by atomic mass is 10.0. The fourth-order valence-corrected chi connectivity index (χ4v) is 1.52. The van der Waals surface area contributed by atoms with Gasteiger partial charge in [-0.05, 0) is 20.3 Å². The zero-order chi connectivity index (χ0) is 10.6. The van der Waals surface area contributed by atoms with E-state index in [2.05, 4.69) is 4.90 Å². The summed E-state index contributed by atoms with van der Waals surface area (Å²) in [5.74, 6) is -0.124. The molecule has 0 aliphatic carbocycles. The summed E-state index contributed by atoms with van der Waals surface area (Å²) in [5, 5.41) is 0. The minimum absolute atomic E-state index is 0.0317. The van der Waals surface area contributed by atoms with E-state index in [9.17, 15) is 4.79 Å². The highest BCUT2D eigenvalue weighted by Crippen LogP contribution is 2.17. The lowest BCUT2D eigenvalue weighted by Gasteiger charge is -2.38. The van der Waals surface area contributed by atoms with Gasteiger partial charge in [0.1, 0.15) is 6.04 Å². The van der Waals surface area contributed by atoms with E-state index >= 15 is 0 Å². The van der Waals surface area contributed by atoms with Gasteiger partial charge in [0.2, 0.25) is 0 Å². The van der Waals surface area contributed by atoms with Crippen molar-refractivity contribution >= 4 is 5.97 Å². The Morgan fingerprint density at radius 1 is 1.57 bits per heavy atom. The number of nitrogens with zero attached hydrogens (tertiary/aromatic N) is 1. The zero-order valence-electron chi connectivity index (χ0n) is 9.16. The number of ether oxygens (including phenoxy) is 2. The van der Waals surface area contributed by atoms with Crippen LogP contribution in [0.25, 0.3) is 0 Å². The minimum atomic E-state index is -0.124. The maximum Gasteiger partial charge on any atom is 0.323 e. The van der Waals surface area contributed by atoms with Gasteiger partial charge in [0.15, 0.2) is 0 Å². The third kappa shape index (κ3) is 2.96. The molecule has 1 unspecified atom stereocenters. The van der Waals surface area contributed by atoms with Gasteiger partial charge in [-0.15, -0.1) is 0 Å². The zero-order valence-corrected chi connectivity index (χ0v) is 9.16. The summed E-state index contributed by atoms with van der Waals surface area (Å²) in [4.78, 5) is 13.3. The Kier molecular flexibility index (Phi) is 4.35. The standard InChI is InChI=1S/C10H19NO3/c1-8(2)14-7-6-11-5-4-9(11)10(12)13-3/h8-9H,4-7H2,1-3H3. The Morgan fingerprint density at radius 3 is 2.71 bits per heavy atom. The van der Waals surface area contributed by atoms with Crippen LogP contribution in [-0.4, -0.2) is 49.8 Å². The summed E-state index contributed by atoms with van der Waals surface area (Å²) < 4.78 is 10.1. The predicted octanol–water partition coefficient (Wildman–Crippen LogP) is 0.659. The second kappa shape index (κ2) is 5.32. The number of methoxy groups -OCH3 is 1. The third-order valence-corrected chi connectivity index (χ3v) is 2.43. The Hall–Kier alpha value is -0.610.